The van der Waals surface area contributed by atoms with Crippen LogP contribution in [-0.4, -0.2) is 0 Å². The number of nitrogens with two attached hydrogens (primary N) is 1. The van der Waals surface area contributed by atoms with Gasteiger partial charge in [0.05, 0.1) is 0 Å². The van der Waals surface area contributed by atoms with Crippen LogP contribution in [0, 0.1) is 13.8 Å². The fraction of sp³-hybridized carbons (Fsp3) is 0.143. The van der Waals surface area contributed by atoms with E-state index < -0.39 is 0 Å². The van der Waals surface area contributed by atoms with Crippen LogP contribution in [0.15, 0.2) is 36.9 Å². The van der Waals surface area contributed by atoms with Gasteiger partial charge < -0.3 is 5.73 Å². The van der Waals surface area contributed by atoms with Crippen molar-refractivity contribution >= 4 is 16.5 Å². The van der Waals surface area contributed by atoms with Crippen LogP contribution in [0.5, 0.6) is 0 Å². The molecule has 0 fully saturated rings. The summed E-state index contributed by atoms with van der Waals surface area (Å²) in [6, 6.07) is 10.5. The monoisotopic (exact) mass is 197 g/mol. The van der Waals surface area contributed by atoms with Gasteiger partial charge >= 0.3 is 0 Å². The Morgan fingerprint density at radius 2 is 1.73 bits per heavy atom. The van der Waals surface area contributed by atoms with Crippen molar-refractivity contribution in [2.75, 3.05) is 0 Å². The van der Waals surface area contributed by atoms with Gasteiger partial charge in [-0.3, -0.25) is 0 Å². The Labute approximate surface area is 90.2 Å². The van der Waals surface area contributed by atoms with Crippen molar-refractivity contribution in [1.82, 2.24) is 0 Å². The summed E-state index contributed by atoms with van der Waals surface area (Å²) < 4.78 is 0. The molecule has 2 N–H and O–H groups in total. The molecule has 0 unspecified atom stereocenters. The van der Waals surface area contributed by atoms with Crippen LogP contribution in [0.3, 0.4) is 0 Å². The van der Waals surface area contributed by atoms with Crippen LogP contribution in [0.1, 0.15) is 16.7 Å². The molecule has 1 heteroatoms. The molecule has 0 amide bonds. The molecule has 15 heavy (non-hydrogen) atoms. The van der Waals surface area contributed by atoms with E-state index in [1.165, 1.54) is 21.9 Å². The molecule has 0 saturated heterocycles. The van der Waals surface area contributed by atoms with Gasteiger partial charge in [0.1, 0.15) is 0 Å². The Balaban J connectivity index is 2.90. The lowest BCUT2D eigenvalue weighted by atomic mass is 9.95. The van der Waals surface area contributed by atoms with Crippen LogP contribution in [0.25, 0.3) is 16.5 Å². The average Bonchev–Trinajstić information content (AvgIpc) is 2.23. The standard InChI is InChI=1S/C14H15N/c1-9-8-14(11(3)15)10(2)13-7-5-4-6-12(9)13/h4-8H,3,15H2,1-2H3. The van der Waals surface area contributed by atoms with Crippen molar-refractivity contribution in [3.8, 4) is 0 Å². The average molecular weight is 197 g/mol. The molecule has 2 rings (SSSR count). The molecule has 0 saturated carbocycles. The Morgan fingerprint density at radius 1 is 1.13 bits per heavy atom. The van der Waals surface area contributed by atoms with E-state index in [2.05, 4.69) is 50.8 Å². The first kappa shape index (κ1) is 9.78. The van der Waals surface area contributed by atoms with E-state index in [0.29, 0.717) is 5.70 Å². The van der Waals surface area contributed by atoms with Crippen molar-refractivity contribution in [1.29, 1.82) is 0 Å². The molecule has 0 aliphatic carbocycles. The van der Waals surface area contributed by atoms with E-state index >= 15 is 0 Å². The lowest BCUT2D eigenvalue weighted by Crippen LogP contribution is -1.98. The second-order valence-electron chi connectivity index (χ2n) is 3.94. The van der Waals surface area contributed by atoms with Crippen molar-refractivity contribution in [2.45, 2.75) is 13.8 Å². The highest BCUT2D eigenvalue weighted by molar-refractivity contribution is 5.92. The lowest BCUT2D eigenvalue weighted by molar-refractivity contribution is 1.39. The first-order chi connectivity index (χ1) is 7.11. The van der Waals surface area contributed by atoms with Crippen LogP contribution >= 0.6 is 0 Å². The Bertz CT molecular complexity index is 538. The third-order valence-corrected chi connectivity index (χ3v) is 2.87. The van der Waals surface area contributed by atoms with Crippen LogP contribution < -0.4 is 5.73 Å². The van der Waals surface area contributed by atoms with E-state index in [-0.39, 0.29) is 0 Å². The highest BCUT2D eigenvalue weighted by atomic mass is 14.6. The van der Waals surface area contributed by atoms with Gasteiger partial charge in [-0.05, 0) is 41.8 Å². The maximum atomic E-state index is 5.78. The minimum Gasteiger partial charge on any atom is -0.399 e. The fourth-order valence-corrected chi connectivity index (χ4v) is 2.04. The topological polar surface area (TPSA) is 26.0 Å². The molecule has 0 radical (unpaired) electrons. The smallest absolute Gasteiger partial charge is 0.0317 e. The van der Waals surface area contributed by atoms with Crippen molar-refractivity contribution in [3.63, 3.8) is 0 Å². The van der Waals surface area contributed by atoms with E-state index in [4.69, 9.17) is 5.73 Å². The molecule has 1 nitrogen and oxygen atoms in total. The Hall–Kier alpha value is -1.76. The molecule has 0 aliphatic rings. The third kappa shape index (κ3) is 1.50. The Morgan fingerprint density at radius 3 is 2.33 bits per heavy atom. The zero-order valence-corrected chi connectivity index (χ0v) is 9.17. The van der Waals surface area contributed by atoms with Gasteiger partial charge in [0.15, 0.2) is 0 Å². The molecule has 0 bridgehead atoms. The summed E-state index contributed by atoms with van der Waals surface area (Å²) in [4.78, 5) is 0. The number of benzene rings is 2. The van der Waals surface area contributed by atoms with E-state index in [1.54, 1.807) is 0 Å². The van der Waals surface area contributed by atoms with Crippen molar-refractivity contribution in [3.05, 3.63) is 53.6 Å². The molecule has 0 spiro atoms. The SMILES string of the molecule is C=C(N)c1cc(C)c2ccccc2c1C. The predicted octanol–water partition coefficient (Wildman–Crippen LogP) is 3.39. The van der Waals surface area contributed by atoms with E-state index in [9.17, 15) is 0 Å². The van der Waals surface area contributed by atoms with Gasteiger partial charge in [0.25, 0.3) is 0 Å². The first-order valence-corrected chi connectivity index (χ1v) is 5.05. The predicted molar refractivity (Wildman–Crippen MR) is 66.6 cm³/mol. The number of hydrogen-bond acceptors (Lipinski definition) is 1. The lowest BCUT2D eigenvalue weighted by Gasteiger charge is -2.11. The number of hydrogen-bond donors (Lipinski definition) is 1. The van der Waals surface area contributed by atoms with Gasteiger partial charge in [-0.2, -0.15) is 0 Å². The molecular weight excluding hydrogens is 182 g/mol. The van der Waals surface area contributed by atoms with Gasteiger partial charge in [0.2, 0.25) is 0 Å². The molecular formula is C14H15N. The van der Waals surface area contributed by atoms with E-state index in [1.807, 2.05) is 0 Å². The first-order valence-electron chi connectivity index (χ1n) is 5.05. The molecule has 2 aromatic rings. The highest BCUT2D eigenvalue weighted by Gasteiger charge is 2.06. The zero-order chi connectivity index (χ0) is 11.0. The zero-order valence-electron chi connectivity index (χ0n) is 9.17. The molecule has 0 aromatic heterocycles. The molecule has 76 valence electrons. The summed E-state index contributed by atoms with van der Waals surface area (Å²) in [5.74, 6) is 0. The van der Waals surface area contributed by atoms with Crippen molar-refractivity contribution < 1.29 is 0 Å². The largest absolute Gasteiger partial charge is 0.399 e. The van der Waals surface area contributed by atoms with Gasteiger partial charge in [0, 0.05) is 11.3 Å². The van der Waals surface area contributed by atoms with Crippen LogP contribution in [0.4, 0.5) is 0 Å². The summed E-state index contributed by atoms with van der Waals surface area (Å²) in [6.07, 6.45) is 0. The maximum absolute atomic E-state index is 5.78. The van der Waals surface area contributed by atoms with Crippen molar-refractivity contribution in [2.24, 2.45) is 5.73 Å². The normalized spacial score (nSPS) is 10.5. The van der Waals surface area contributed by atoms with Crippen LogP contribution in [-0.2, 0) is 0 Å². The maximum Gasteiger partial charge on any atom is 0.0317 e. The number of fused-ring (bicyclic) bond motifs is 1. The highest BCUT2D eigenvalue weighted by Crippen LogP contribution is 2.27. The molecule has 0 heterocycles. The second-order valence-corrected chi connectivity index (χ2v) is 3.94. The second kappa shape index (κ2) is 3.43. The third-order valence-electron chi connectivity index (χ3n) is 2.87. The summed E-state index contributed by atoms with van der Waals surface area (Å²) >= 11 is 0. The number of aryl methyl sites for hydroxylation is 2. The summed E-state index contributed by atoms with van der Waals surface area (Å²) in [5.41, 5.74) is 9.94. The summed E-state index contributed by atoms with van der Waals surface area (Å²) in [7, 11) is 0. The summed E-state index contributed by atoms with van der Waals surface area (Å²) in [6.45, 7) is 8.01. The van der Waals surface area contributed by atoms with E-state index in [0.717, 1.165) is 5.56 Å². The quantitative estimate of drug-likeness (QED) is 0.745. The Kier molecular flexibility index (Phi) is 2.24. The molecule has 0 atom stereocenters. The summed E-state index contributed by atoms with van der Waals surface area (Å²) in [5, 5.41) is 2.55. The van der Waals surface area contributed by atoms with Gasteiger partial charge in [-0.1, -0.05) is 30.8 Å². The number of rotatable bonds is 1. The minimum atomic E-state index is 0.640. The fourth-order valence-electron chi connectivity index (χ4n) is 2.04. The molecule has 2 aromatic carbocycles. The minimum absolute atomic E-state index is 0.640. The van der Waals surface area contributed by atoms with Crippen LogP contribution in [0.2, 0.25) is 0 Å². The van der Waals surface area contributed by atoms with Gasteiger partial charge in [-0.25, -0.2) is 0 Å². The molecule has 0 aliphatic heterocycles. The van der Waals surface area contributed by atoms with Gasteiger partial charge in [-0.15, -0.1) is 0 Å².